The number of halogens is 1. The van der Waals surface area contributed by atoms with Crippen LogP contribution >= 0.6 is 11.6 Å². The first-order chi connectivity index (χ1) is 7.65. The summed E-state index contributed by atoms with van der Waals surface area (Å²) in [6.45, 7) is 4.36. The average molecular weight is 235 g/mol. The molecule has 16 heavy (non-hydrogen) atoms. The van der Waals surface area contributed by atoms with Crippen LogP contribution in [0.15, 0.2) is 40.8 Å². The normalized spacial score (nSPS) is 11.0. The number of furan rings is 1. The molecule has 0 radical (unpaired) electrons. The van der Waals surface area contributed by atoms with Crippen LogP contribution in [0.2, 0.25) is 5.02 Å². The van der Waals surface area contributed by atoms with E-state index >= 15 is 0 Å². The van der Waals surface area contributed by atoms with Crippen molar-refractivity contribution < 1.29 is 4.42 Å². The van der Waals surface area contributed by atoms with Gasteiger partial charge in [-0.2, -0.15) is 0 Å². The summed E-state index contributed by atoms with van der Waals surface area (Å²) < 4.78 is 5.78. The van der Waals surface area contributed by atoms with Crippen LogP contribution in [0.3, 0.4) is 0 Å². The fourth-order valence-electron chi connectivity index (χ4n) is 1.69. The Morgan fingerprint density at radius 3 is 2.69 bits per heavy atom. The third-order valence-corrected chi connectivity index (χ3v) is 2.62. The first-order valence-corrected chi connectivity index (χ1v) is 5.87. The first kappa shape index (κ1) is 11.3. The second kappa shape index (κ2) is 4.75. The van der Waals surface area contributed by atoms with Gasteiger partial charge < -0.3 is 4.42 Å². The molecule has 0 aliphatic heterocycles. The monoisotopic (exact) mass is 234 g/mol. The van der Waals surface area contributed by atoms with Gasteiger partial charge in [0.05, 0.1) is 0 Å². The van der Waals surface area contributed by atoms with Gasteiger partial charge in [-0.15, -0.1) is 0 Å². The summed E-state index contributed by atoms with van der Waals surface area (Å²) in [5, 5.41) is 0.735. The highest BCUT2D eigenvalue weighted by Crippen LogP contribution is 2.25. The van der Waals surface area contributed by atoms with E-state index in [1.54, 1.807) is 0 Å². The molecule has 2 rings (SSSR count). The molecular formula is C14H15ClO. The summed E-state index contributed by atoms with van der Waals surface area (Å²) in [7, 11) is 0. The fraction of sp³-hybridized carbons (Fsp3) is 0.286. The molecule has 1 heterocycles. The summed E-state index contributed by atoms with van der Waals surface area (Å²) in [6, 6.07) is 11.8. The summed E-state index contributed by atoms with van der Waals surface area (Å²) in [5.74, 6) is 2.53. The molecule has 0 atom stereocenters. The Bertz CT molecular complexity index is 471. The topological polar surface area (TPSA) is 13.1 Å². The molecule has 0 saturated heterocycles. The molecule has 1 aromatic heterocycles. The van der Waals surface area contributed by atoms with Gasteiger partial charge in [-0.3, -0.25) is 0 Å². The first-order valence-electron chi connectivity index (χ1n) is 5.50. The van der Waals surface area contributed by atoms with E-state index < -0.39 is 0 Å². The van der Waals surface area contributed by atoms with Crippen LogP contribution < -0.4 is 0 Å². The molecule has 0 saturated carbocycles. The van der Waals surface area contributed by atoms with Gasteiger partial charge in [0.1, 0.15) is 11.5 Å². The molecule has 84 valence electrons. The SMILES string of the molecule is CC(C)Cc1ccc(-c2cccc(Cl)c2)o1. The lowest BCUT2D eigenvalue weighted by atomic mass is 10.1. The molecular weight excluding hydrogens is 220 g/mol. The van der Waals surface area contributed by atoms with E-state index in [-0.39, 0.29) is 0 Å². The molecule has 0 fully saturated rings. The van der Waals surface area contributed by atoms with E-state index in [0.717, 1.165) is 28.5 Å². The molecule has 0 unspecified atom stereocenters. The largest absolute Gasteiger partial charge is 0.461 e. The zero-order valence-corrected chi connectivity index (χ0v) is 10.3. The minimum Gasteiger partial charge on any atom is -0.461 e. The maximum absolute atomic E-state index is 5.94. The van der Waals surface area contributed by atoms with E-state index in [4.69, 9.17) is 16.0 Å². The van der Waals surface area contributed by atoms with Crippen LogP contribution in [-0.4, -0.2) is 0 Å². The van der Waals surface area contributed by atoms with E-state index in [2.05, 4.69) is 13.8 Å². The van der Waals surface area contributed by atoms with Gasteiger partial charge in [0, 0.05) is 17.0 Å². The lowest BCUT2D eigenvalue weighted by Gasteiger charge is -2.01. The highest BCUT2D eigenvalue weighted by Gasteiger charge is 2.06. The zero-order chi connectivity index (χ0) is 11.5. The van der Waals surface area contributed by atoms with Crippen molar-refractivity contribution in [3.8, 4) is 11.3 Å². The molecule has 1 nitrogen and oxygen atoms in total. The van der Waals surface area contributed by atoms with Crippen LogP contribution in [-0.2, 0) is 6.42 Å². The second-order valence-electron chi connectivity index (χ2n) is 4.37. The van der Waals surface area contributed by atoms with Crippen molar-refractivity contribution in [2.24, 2.45) is 5.92 Å². The van der Waals surface area contributed by atoms with Gasteiger partial charge >= 0.3 is 0 Å². The summed E-state index contributed by atoms with van der Waals surface area (Å²) in [4.78, 5) is 0. The summed E-state index contributed by atoms with van der Waals surface area (Å²) in [6.07, 6.45) is 0.973. The lowest BCUT2D eigenvalue weighted by molar-refractivity contribution is 0.482. The molecule has 1 aromatic carbocycles. The van der Waals surface area contributed by atoms with Crippen molar-refractivity contribution >= 4 is 11.6 Å². The molecule has 0 N–H and O–H groups in total. The van der Waals surface area contributed by atoms with Crippen molar-refractivity contribution in [2.75, 3.05) is 0 Å². The standard InChI is InChI=1S/C14H15ClO/c1-10(2)8-13-6-7-14(16-13)11-4-3-5-12(15)9-11/h3-7,9-10H,8H2,1-2H3. The van der Waals surface area contributed by atoms with Crippen LogP contribution in [0.4, 0.5) is 0 Å². The van der Waals surface area contributed by atoms with Crippen LogP contribution in [0.5, 0.6) is 0 Å². The van der Waals surface area contributed by atoms with Gasteiger partial charge in [-0.25, -0.2) is 0 Å². The van der Waals surface area contributed by atoms with Gasteiger partial charge in [-0.1, -0.05) is 37.6 Å². The van der Waals surface area contributed by atoms with Crippen molar-refractivity contribution in [3.63, 3.8) is 0 Å². The Morgan fingerprint density at radius 2 is 2.00 bits per heavy atom. The van der Waals surface area contributed by atoms with Crippen molar-refractivity contribution in [1.82, 2.24) is 0 Å². The summed E-state index contributed by atoms with van der Waals surface area (Å²) in [5.41, 5.74) is 1.03. The highest BCUT2D eigenvalue weighted by molar-refractivity contribution is 6.30. The third-order valence-electron chi connectivity index (χ3n) is 2.38. The van der Waals surface area contributed by atoms with Crippen LogP contribution in [0.25, 0.3) is 11.3 Å². The zero-order valence-electron chi connectivity index (χ0n) is 9.53. The predicted molar refractivity (Wildman–Crippen MR) is 67.7 cm³/mol. The molecule has 0 bridgehead atoms. The maximum atomic E-state index is 5.94. The molecule has 0 spiro atoms. The Labute approximate surface area is 101 Å². The molecule has 2 aromatic rings. The smallest absolute Gasteiger partial charge is 0.134 e. The van der Waals surface area contributed by atoms with Crippen LogP contribution in [0.1, 0.15) is 19.6 Å². The summed E-state index contributed by atoms with van der Waals surface area (Å²) >= 11 is 5.94. The quantitative estimate of drug-likeness (QED) is 0.744. The average Bonchev–Trinajstić information content (AvgIpc) is 2.65. The third kappa shape index (κ3) is 2.67. The second-order valence-corrected chi connectivity index (χ2v) is 4.81. The molecule has 2 heteroatoms. The van der Waals surface area contributed by atoms with Gasteiger partial charge in [-0.05, 0) is 30.2 Å². The molecule has 0 aliphatic rings. The van der Waals surface area contributed by atoms with E-state index in [1.807, 2.05) is 36.4 Å². The Morgan fingerprint density at radius 1 is 1.19 bits per heavy atom. The number of hydrogen-bond acceptors (Lipinski definition) is 1. The Kier molecular flexibility index (Phi) is 3.35. The number of benzene rings is 1. The minimum absolute atomic E-state index is 0.610. The van der Waals surface area contributed by atoms with Crippen molar-refractivity contribution in [2.45, 2.75) is 20.3 Å². The van der Waals surface area contributed by atoms with Crippen molar-refractivity contribution in [3.05, 3.63) is 47.2 Å². The van der Waals surface area contributed by atoms with Crippen molar-refractivity contribution in [1.29, 1.82) is 0 Å². The molecule has 0 aliphatic carbocycles. The predicted octanol–water partition coefficient (Wildman–Crippen LogP) is 4.80. The maximum Gasteiger partial charge on any atom is 0.134 e. The van der Waals surface area contributed by atoms with E-state index in [1.165, 1.54) is 0 Å². The minimum atomic E-state index is 0.610. The van der Waals surface area contributed by atoms with E-state index in [9.17, 15) is 0 Å². The molecule has 0 amide bonds. The number of hydrogen-bond donors (Lipinski definition) is 0. The van der Waals surface area contributed by atoms with E-state index in [0.29, 0.717) is 5.92 Å². The Hall–Kier alpha value is -1.21. The van der Waals surface area contributed by atoms with Gasteiger partial charge in [0.25, 0.3) is 0 Å². The lowest BCUT2D eigenvalue weighted by Crippen LogP contribution is -1.90. The number of rotatable bonds is 3. The van der Waals surface area contributed by atoms with Crippen LogP contribution in [0, 0.1) is 5.92 Å². The van der Waals surface area contributed by atoms with Gasteiger partial charge in [0.15, 0.2) is 0 Å². The van der Waals surface area contributed by atoms with Gasteiger partial charge in [0.2, 0.25) is 0 Å². The highest BCUT2D eigenvalue weighted by atomic mass is 35.5. The Balaban J connectivity index is 2.24. The fourth-order valence-corrected chi connectivity index (χ4v) is 1.88.